The van der Waals surface area contributed by atoms with Crippen LogP contribution in [-0.2, 0) is 10.2 Å². The second-order valence-corrected chi connectivity index (χ2v) is 4.31. The van der Waals surface area contributed by atoms with Crippen molar-refractivity contribution in [2.75, 3.05) is 25.1 Å². The van der Waals surface area contributed by atoms with Crippen molar-refractivity contribution in [3.8, 4) is 0 Å². The Morgan fingerprint density at radius 2 is 2.00 bits per heavy atom. The predicted octanol–water partition coefficient (Wildman–Crippen LogP) is 3.19. The summed E-state index contributed by atoms with van der Waals surface area (Å²) in [6.07, 6.45) is 2.40. The Labute approximate surface area is 98.0 Å². The Morgan fingerprint density at radius 3 is 2.75 bits per heavy atom. The van der Waals surface area contributed by atoms with Crippen LogP contribution in [0.4, 0.5) is 5.69 Å². The number of hydrogen-bond donors (Lipinski definition) is 1. The van der Waals surface area contributed by atoms with Crippen LogP contribution < -0.4 is 5.32 Å². The lowest BCUT2D eigenvalue weighted by atomic mass is 9.74. The SMILES string of the molecule is CC.c1ccc2c(c1)NCCC21CCOC1. The summed E-state index contributed by atoms with van der Waals surface area (Å²) < 4.78 is 5.57. The molecule has 0 radical (unpaired) electrons. The highest BCUT2D eigenvalue weighted by molar-refractivity contribution is 5.57. The Kier molecular flexibility index (Phi) is 3.49. The number of hydrogen-bond acceptors (Lipinski definition) is 2. The van der Waals surface area contributed by atoms with Gasteiger partial charge in [-0.1, -0.05) is 32.0 Å². The first-order valence-electron chi connectivity index (χ1n) is 6.32. The highest BCUT2D eigenvalue weighted by Gasteiger charge is 2.39. The van der Waals surface area contributed by atoms with E-state index in [0.717, 1.165) is 19.8 Å². The molecule has 16 heavy (non-hydrogen) atoms. The number of benzene rings is 1. The first kappa shape index (κ1) is 11.5. The molecule has 1 aromatic carbocycles. The third-order valence-electron chi connectivity index (χ3n) is 3.52. The van der Waals surface area contributed by atoms with Crippen LogP contribution >= 0.6 is 0 Å². The van der Waals surface area contributed by atoms with Crippen LogP contribution in [0.1, 0.15) is 32.3 Å². The van der Waals surface area contributed by atoms with Crippen molar-refractivity contribution in [2.45, 2.75) is 32.1 Å². The maximum absolute atomic E-state index is 5.57. The average molecular weight is 219 g/mol. The van der Waals surface area contributed by atoms with Crippen LogP contribution in [0, 0.1) is 0 Å². The van der Waals surface area contributed by atoms with Gasteiger partial charge in [-0.3, -0.25) is 0 Å². The largest absolute Gasteiger partial charge is 0.385 e. The zero-order valence-electron chi connectivity index (χ0n) is 10.3. The second kappa shape index (κ2) is 4.88. The standard InChI is InChI=1S/C12H15NO.C2H6/c1-2-4-11-10(3-1)12(5-7-13-11)6-8-14-9-12;1-2/h1-4,13H,5-9H2;1-2H3. The smallest absolute Gasteiger partial charge is 0.0565 e. The van der Waals surface area contributed by atoms with Crippen molar-refractivity contribution >= 4 is 5.69 Å². The highest BCUT2D eigenvalue weighted by Crippen LogP contribution is 2.42. The van der Waals surface area contributed by atoms with E-state index >= 15 is 0 Å². The van der Waals surface area contributed by atoms with Crippen molar-refractivity contribution in [1.29, 1.82) is 0 Å². The molecule has 2 heteroatoms. The zero-order chi connectivity index (χ0) is 11.4. The van der Waals surface area contributed by atoms with Gasteiger partial charge in [0.2, 0.25) is 0 Å². The van der Waals surface area contributed by atoms with Gasteiger partial charge in [0.1, 0.15) is 0 Å². The number of fused-ring (bicyclic) bond motifs is 2. The quantitative estimate of drug-likeness (QED) is 0.723. The number of ether oxygens (including phenoxy) is 1. The fraction of sp³-hybridized carbons (Fsp3) is 0.571. The van der Waals surface area contributed by atoms with Crippen molar-refractivity contribution in [2.24, 2.45) is 0 Å². The maximum atomic E-state index is 5.57. The van der Waals surface area contributed by atoms with Gasteiger partial charge in [-0.15, -0.1) is 0 Å². The number of rotatable bonds is 0. The molecule has 0 amide bonds. The molecule has 88 valence electrons. The second-order valence-electron chi connectivity index (χ2n) is 4.31. The van der Waals surface area contributed by atoms with Gasteiger partial charge in [0.15, 0.2) is 0 Å². The molecule has 3 rings (SSSR count). The lowest BCUT2D eigenvalue weighted by Crippen LogP contribution is -2.34. The minimum Gasteiger partial charge on any atom is -0.385 e. The Balaban J connectivity index is 0.000000457. The van der Waals surface area contributed by atoms with E-state index in [-0.39, 0.29) is 0 Å². The molecule has 0 aliphatic carbocycles. The Bertz CT molecular complexity index is 342. The molecule has 0 bridgehead atoms. The molecule has 1 saturated heterocycles. The number of nitrogens with one attached hydrogen (secondary N) is 1. The number of anilines is 1. The van der Waals surface area contributed by atoms with E-state index in [0.29, 0.717) is 5.41 Å². The van der Waals surface area contributed by atoms with Gasteiger partial charge >= 0.3 is 0 Å². The van der Waals surface area contributed by atoms with Crippen LogP contribution in [0.2, 0.25) is 0 Å². The van der Waals surface area contributed by atoms with Crippen LogP contribution in [0.15, 0.2) is 24.3 Å². The topological polar surface area (TPSA) is 21.3 Å². The zero-order valence-corrected chi connectivity index (χ0v) is 10.3. The predicted molar refractivity (Wildman–Crippen MR) is 68.0 cm³/mol. The van der Waals surface area contributed by atoms with Crippen LogP contribution in [0.25, 0.3) is 0 Å². The molecule has 2 aliphatic rings. The minimum atomic E-state index is 0.321. The van der Waals surface area contributed by atoms with Gasteiger partial charge in [-0.25, -0.2) is 0 Å². The summed E-state index contributed by atoms with van der Waals surface area (Å²) in [4.78, 5) is 0. The molecular formula is C14H21NO. The Morgan fingerprint density at radius 1 is 1.19 bits per heavy atom. The lowest BCUT2D eigenvalue weighted by Gasteiger charge is -2.35. The first-order chi connectivity index (χ1) is 7.91. The molecule has 2 heterocycles. The van der Waals surface area contributed by atoms with Crippen molar-refractivity contribution < 1.29 is 4.74 Å². The molecule has 1 fully saturated rings. The van der Waals surface area contributed by atoms with Gasteiger partial charge in [0.25, 0.3) is 0 Å². The molecule has 1 aromatic rings. The third-order valence-corrected chi connectivity index (χ3v) is 3.52. The molecule has 1 atom stereocenters. The summed E-state index contributed by atoms with van der Waals surface area (Å²) in [7, 11) is 0. The first-order valence-corrected chi connectivity index (χ1v) is 6.32. The van der Waals surface area contributed by atoms with Crippen molar-refractivity contribution in [3.05, 3.63) is 29.8 Å². The molecule has 0 saturated carbocycles. The summed E-state index contributed by atoms with van der Waals surface area (Å²) in [5, 5.41) is 3.46. The molecule has 1 N–H and O–H groups in total. The van der Waals surface area contributed by atoms with Gasteiger partial charge in [0.05, 0.1) is 6.61 Å². The third kappa shape index (κ3) is 1.82. The van der Waals surface area contributed by atoms with Crippen molar-refractivity contribution in [1.82, 2.24) is 0 Å². The fourth-order valence-electron chi connectivity index (χ4n) is 2.69. The van der Waals surface area contributed by atoms with E-state index in [2.05, 4.69) is 29.6 Å². The van der Waals surface area contributed by atoms with Crippen molar-refractivity contribution in [3.63, 3.8) is 0 Å². The monoisotopic (exact) mass is 219 g/mol. The lowest BCUT2D eigenvalue weighted by molar-refractivity contribution is 0.174. The summed E-state index contributed by atoms with van der Waals surface area (Å²) in [6.45, 7) is 6.92. The summed E-state index contributed by atoms with van der Waals surface area (Å²) in [5.74, 6) is 0. The van der Waals surface area contributed by atoms with Crippen LogP contribution in [0.3, 0.4) is 0 Å². The van der Waals surface area contributed by atoms with Crippen LogP contribution in [-0.4, -0.2) is 19.8 Å². The molecule has 1 spiro atoms. The Hall–Kier alpha value is -1.02. The molecule has 2 nitrogen and oxygen atoms in total. The number of para-hydroxylation sites is 1. The summed E-state index contributed by atoms with van der Waals surface area (Å²) in [5.41, 5.74) is 3.09. The van der Waals surface area contributed by atoms with E-state index in [4.69, 9.17) is 4.74 Å². The van der Waals surface area contributed by atoms with Gasteiger partial charge in [-0.05, 0) is 24.5 Å². The normalized spacial score (nSPS) is 26.6. The van der Waals surface area contributed by atoms with Gasteiger partial charge in [0, 0.05) is 24.3 Å². The van der Waals surface area contributed by atoms with Gasteiger partial charge in [-0.2, -0.15) is 0 Å². The molecule has 2 aliphatic heterocycles. The van der Waals surface area contributed by atoms with E-state index in [1.165, 1.54) is 24.1 Å². The van der Waals surface area contributed by atoms with E-state index < -0.39 is 0 Å². The van der Waals surface area contributed by atoms with E-state index in [9.17, 15) is 0 Å². The highest BCUT2D eigenvalue weighted by atomic mass is 16.5. The molecule has 0 aromatic heterocycles. The maximum Gasteiger partial charge on any atom is 0.0565 e. The minimum absolute atomic E-state index is 0.321. The van der Waals surface area contributed by atoms with Crippen LogP contribution in [0.5, 0.6) is 0 Å². The average Bonchev–Trinajstić information content (AvgIpc) is 2.82. The summed E-state index contributed by atoms with van der Waals surface area (Å²) in [6, 6.07) is 8.65. The van der Waals surface area contributed by atoms with Gasteiger partial charge < -0.3 is 10.1 Å². The molecular weight excluding hydrogens is 198 g/mol. The van der Waals surface area contributed by atoms with E-state index in [1.54, 1.807) is 0 Å². The summed E-state index contributed by atoms with van der Waals surface area (Å²) >= 11 is 0. The van der Waals surface area contributed by atoms with E-state index in [1.807, 2.05) is 13.8 Å². The molecule has 1 unspecified atom stereocenters. The fourth-order valence-corrected chi connectivity index (χ4v) is 2.69.